The van der Waals surface area contributed by atoms with E-state index in [0.29, 0.717) is 28.6 Å². The number of nitrogens with two attached hydrogens (primary N) is 2. The number of aliphatic carboxylic acids is 1. The molecule has 1 aliphatic rings. The van der Waals surface area contributed by atoms with Crippen molar-refractivity contribution in [3.8, 4) is 5.75 Å². The van der Waals surface area contributed by atoms with Crippen LogP contribution in [0.3, 0.4) is 0 Å². The number of hydrogen-bond donors (Lipinski definition) is 3. The van der Waals surface area contributed by atoms with E-state index in [-0.39, 0.29) is 0 Å². The first-order valence-electron chi connectivity index (χ1n) is 8.84. The Morgan fingerprint density at radius 1 is 1.20 bits per heavy atom. The molecule has 0 fully saturated rings. The summed E-state index contributed by atoms with van der Waals surface area (Å²) < 4.78 is 16.1. The molecule has 1 aliphatic heterocycles. The predicted molar refractivity (Wildman–Crippen MR) is 117 cm³/mol. The minimum Gasteiger partial charge on any atom is -0.489 e. The molecule has 0 saturated heterocycles. The zero-order chi connectivity index (χ0) is 21.1. The number of carboxylic acid groups (broad SMARTS) is 1. The highest BCUT2D eigenvalue weighted by Gasteiger charge is 2.27. The van der Waals surface area contributed by atoms with Crippen LogP contribution in [0.4, 0.5) is 0 Å². The van der Waals surface area contributed by atoms with E-state index >= 15 is 0 Å². The minimum absolute atomic E-state index is 0.373. The summed E-state index contributed by atoms with van der Waals surface area (Å²) >= 11 is 2.88. The van der Waals surface area contributed by atoms with Crippen LogP contribution >= 0.6 is 23.1 Å². The number of rotatable bonds is 8. The molecule has 5 N–H and O–H groups in total. The highest BCUT2D eigenvalue weighted by atomic mass is 32.2. The molecule has 9 nitrogen and oxygen atoms in total. The van der Waals surface area contributed by atoms with E-state index < -0.39 is 19.1 Å². The van der Waals surface area contributed by atoms with Gasteiger partial charge in [0.15, 0.2) is 6.04 Å². The topological polar surface area (TPSA) is 142 Å². The number of aliphatic imine (C=N–C) groups is 1. The Balaban J connectivity index is 1.44. The zero-order valence-corrected chi connectivity index (χ0v) is 17.2. The first-order valence-corrected chi connectivity index (χ1v) is 10.6. The van der Waals surface area contributed by atoms with E-state index in [0.717, 1.165) is 20.8 Å². The number of carboxylic acids is 1. The van der Waals surface area contributed by atoms with E-state index in [2.05, 4.69) is 19.5 Å². The molecule has 12 heteroatoms. The smallest absolute Gasteiger partial charge is 0.489 e. The summed E-state index contributed by atoms with van der Waals surface area (Å²) in [4.78, 5) is 19.9. The average Bonchev–Trinajstić information content (AvgIpc) is 3.41. The Kier molecular flexibility index (Phi) is 6.32. The molecule has 0 bridgehead atoms. The summed E-state index contributed by atoms with van der Waals surface area (Å²) in [6.45, 7) is 0.373. The largest absolute Gasteiger partial charge is 0.527 e. The molecule has 1 aromatic heterocycles. The molecule has 2 aromatic carbocycles. The third kappa shape index (κ3) is 4.48. The normalized spacial score (nSPS) is 15.9. The van der Waals surface area contributed by atoms with E-state index in [1.807, 2.05) is 30.3 Å². The summed E-state index contributed by atoms with van der Waals surface area (Å²) in [6, 6.07) is 12.3. The van der Waals surface area contributed by atoms with Gasteiger partial charge in [0.1, 0.15) is 22.4 Å². The Labute approximate surface area is 180 Å². The van der Waals surface area contributed by atoms with Crippen molar-refractivity contribution in [2.75, 3.05) is 5.75 Å². The fourth-order valence-corrected chi connectivity index (χ4v) is 4.92. The van der Waals surface area contributed by atoms with Gasteiger partial charge in [-0.1, -0.05) is 24.3 Å². The quantitative estimate of drug-likeness (QED) is 0.346. The van der Waals surface area contributed by atoms with E-state index in [9.17, 15) is 4.79 Å². The number of fused-ring (bicyclic) bond motifs is 1. The van der Waals surface area contributed by atoms with Crippen LogP contribution in [-0.2, 0) is 20.9 Å². The van der Waals surface area contributed by atoms with Crippen molar-refractivity contribution >= 4 is 56.9 Å². The molecule has 30 heavy (non-hydrogen) atoms. The Morgan fingerprint density at radius 2 is 1.97 bits per heavy atom. The van der Waals surface area contributed by atoms with Crippen LogP contribution in [0.1, 0.15) is 10.6 Å². The van der Waals surface area contributed by atoms with Gasteiger partial charge in [0.05, 0.1) is 10.2 Å². The van der Waals surface area contributed by atoms with Crippen LogP contribution in [0, 0.1) is 0 Å². The van der Waals surface area contributed by atoms with Gasteiger partial charge in [-0.3, -0.25) is 4.99 Å². The van der Waals surface area contributed by atoms with Gasteiger partial charge in [-0.15, -0.1) is 23.1 Å². The molecule has 0 aliphatic carbocycles. The van der Waals surface area contributed by atoms with Gasteiger partial charge in [-0.05, 0) is 29.2 Å². The van der Waals surface area contributed by atoms with Crippen molar-refractivity contribution in [3.05, 3.63) is 53.0 Å². The average molecular weight is 444 g/mol. The molecule has 3 aromatic rings. The number of nitrogens with zero attached hydrogens (tertiary/aromatic N) is 2. The van der Waals surface area contributed by atoms with Crippen molar-refractivity contribution in [2.45, 2.75) is 12.6 Å². The Hall–Kier alpha value is -2.48. The number of ether oxygens (including phenoxy) is 1. The van der Waals surface area contributed by atoms with Crippen molar-refractivity contribution in [2.24, 2.45) is 16.8 Å². The zero-order valence-electron chi connectivity index (χ0n) is 15.6. The molecule has 0 amide bonds. The van der Waals surface area contributed by atoms with Gasteiger partial charge in [-0.25, -0.2) is 21.6 Å². The summed E-state index contributed by atoms with van der Waals surface area (Å²) in [6.07, 6.45) is 0. The summed E-state index contributed by atoms with van der Waals surface area (Å²) in [7, 11) is -0.823. The van der Waals surface area contributed by atoms with Crippen LogP contribution < -0.4 is 22.0 Å². The summed E-state index contributed by atoms with van der Waals surface area (Å²) in [5, 5.41) is 10.5. The number of hydrogen-bond acceptors (Lipinski definition) is 10. The lowest BCUT2D eigenvalue weighted by Crippen LogP contribution is -2.41. The van der Waals surface area contributed by atoms with Gasteiger partial charge in [0.2, 0.25) is 0 Å². The lowest BCUT2D eigenvalue weighted by molar-refractivity contribution is -0.137. The maximum absolute atomic E-state index is 11.1. The van der Waals surface area contributed by atoms with Crippen LogP contribution in [-0.4, -0.2) is 40.0 Å². The lowest BCUT2D eigenvalue weighted by atomic mass is 9.79. The number of carbonyl (C=O) groups is 1. The van der Waals surface area contributed by atoms with Gasteiger partial charge < -0.3 is 19.4 Å². The molecule has 1 atom stereocenters. The first kappa shape index (κ1) is 20.8. The Bertz CT molecular complexity index is 1090. The second-order valence-electron chi connectivity index (χ2n) is 6.38. The van der Waals surface area contributed by atoms with Crippen LogP contribution in [0.2, 0.25) is 0 Å². The third-order valence-corrected chi connectivity index (χ3v) is 6.59. The summed E-state index contributed by atoms with van der Waals surface area (Å²) in [5.41, 5.74) is 2.47. The minimum atomic E-state index is -0.913. The van der Waals surface area contributed by atoms with E-state index in [1.54, 1.807) is 12.1 Å². The van der Waals surface area contributed by atoms with Crippen molar-refractivity contribution in [1.29, 1.82) is 0 Å². The standard InChI is InChI=1S/C18H17BN4O5S2/c20-27-19(28-21)11-3-1-10(2-4-11)8-26-12-5-6-13-15(7-12)30-17(22-13)16-23-14(9-29-16)18(24)25/h1-7,14H,8-9,20-21H2,(H,24,25)/t14-/m1/s1. The summed E-state index contributed by atoms with van der Waals surface area (Å²) in [5.74, 6) is 10.5. The fraction of sp³-hybridized carbons (Fsp3) is 0.167. The predicted octanol–water partition coefficient (Wildman–Crippen LogP) is 1.30. The highest BCUT2D eigenvalue weighted by Crippen LogP contribution is 2.31. The van der Waals surface area contributed by atoms with Crippen LogP contribution in [0.15, 0.2) is 47.5 Å². The fourth-order valence-electron chi connectivity index (χ4n) is 2.83. The van der Waals surface area contributed by atoms with Crippen molar-refractivity contribution in [1.82, 2.24) is 4.98 Å². The monoisotopic (exact) mass is 444 g/mol. The number of aromatic nitrogens is 1. The molecular weight excluding hydrogens is 427 g/mol. The van der Waals surface area contributed by atoms with Crippen LogP contribution in [0.25, 0.3) is 10.2 Å². The molecule has 0 unspecified atom stereocenters. The molecule has 2 heterocycles. The van der Waals surface area contributed by atoms with Crippen LogP contribution in [0.5, 0.6) is 5.75 Å². The first-order chi connectivity index (χ1) is 14.6. The number of thiazole rings is 1. The van der Waals surface area contributed by atoms with E-state index in [1.165, 1.54) is 23.1 Å². The Morgan fingerprint density at radius 3 is 2.63 bits per heavy atom. The second kappa shape index (κ2) is 9.12. The van der Waals surface area contributed by atoms with E-state index in [4.69, 9.17) is 21.6 Å². The SMILES string of the molecule is NOB(ON)c1ccc(COc2ccc3nc(C4=N[C@@H](C(=O)O)CS4)sc3c2)cc1. The molecule has 154 valence electrons. The molecule has 0 spiro atoms. The number of thioether (sulfide) groups is 1. The third-order valence-electron chi connectivity index (χ3n) is 4.38. The van der Waals surface area contributed by atoms with Crippen molar-refractivity contribution in [3.63, 3.8) is 0 Å². The lowest BCUT2D eigenvalue weighted by Gasteiger charge is -2.09. The van der Waals surface area contributed by atoms with Gasteiger partial charge >= 0.3 is 13.1 Å². The molecular formula is C18H17BN4O5S2. The second-order valence-corrected chi connectivity index (χ2v) is 8.42. The van der Waals surface area contributed by atoms with Gasteiger partial charge in [0, 0.05) is 5.75 Å². The molecule has 0 radical (unpaired) electrons. The maximum Gasteiger partial charge on any atom is 0.527 e. The molecule has 4 rings (SSSR count). The number of benzene rings is 2. The highest BCUT2D eigenvalue weighted by molar-refractivity contribution is 8.15. The molecule has 0 saturated carbocycles. The van der Waals surface area contributed by atoms with Crippen molar-refractivity contribution < 1.29 is 24.1 Å². The van der Waals surface area contributed by atoms with Gasteiger partial charge in [0.25, 0.3) is 0 Å². The maximum atomic E-state index is 11.1. The van der Waals surface area contributed by atoms with Gasteiger partial charge in [-0.2, -0.15) is 0 Å².